The zero-order valence-electron chi connectivity index (χ0n) is 10.4. The molecule has 0 N–H and O–H groups in total. The van der Waals surface area contributed by atoms with E-state index in [0.717, 1.165) is 7.11 Å². The topological polar surface area (TPSA) is 48.4 Å². The number of pyridine rings is 1. The molecule has 0 saturated heterocycles. The summed E-state index contributed by atoms with van der Waals surface area (Å²) in [5.41, 5.74) is -4.44. The fraction of sp³-hybridized carbons (Fsp3) is 0.455. The van der Waals surface area contributed by atoms with E-state index >= 15 is 0 Å². The minimum Gasteiger partial charge on any atom is -0.481 e. The third kappa shape index (κ3) is 3.34. The van der Waals surface area contributed by atoms with E-state index in [1.807, 2.05) is 0 Å². The smallest absolute Gasteiger partial charge is 0.419 e. The molecule has 1 aromatic rings. The van der Waals surface area contributed by atoms with Gasteiger partial charge in [0.15, 0.2) is 5.69 Å². The van der Waals surface area contributed by atoms with Crippen LogP contribution in [0.3, 0.4) is 0 Å². The van der Waals surface area contributed by atoms with E-state index in [1.165, 1.54) is 6.92 Å². The van der Waals surface area contributed by atoms with Crippen molar-refractivity contribution in [2.45, 2.75) is 19.5 Å². The number of rotatable bonds is 4. The molecule has 0 aliphatic carbocycles. The van der Waals surface area contributed by atoms with E-state index in [1.54, 1.807) is 0 Å². The largest absolute Gasteiger partial charge is 0.481 e. The first kappa shape index (κ1) is 16.1. The van der Waals surface area contributed by atoms with Gasteiger partial charge in [-0.15, -0.1) is 0 Å². The van der Waals surface area contributed by atoms with Gasteiger partial charge < -0.3 is 9.47 Å². The maximum atomic E-state index is 12.9. The lowest BCUT2D eigenvalue weighted by molar-refractivity contribution is -0.140. The fourth-order valence-corrected chi connectivity index (χ4v) is 1.46. The molecular formula is C11H10F5NO3. The summed E-state index contributed by atoms with van der Waals surface area (Å²) in [5, 5.41) is 0. The zero-order chi connectivity index (χ0) is 15.5. The number of carbonyl (C=O) groups excluding carboxylic acids is 1. The Kier molecular flexibility index (Phi) is 4.85. The van der Waals surface area contributed by atoms with Gasteiger partial charge in [-0.05, 0) is 6.92 Å². The summed E-state index contributed by atoms with van der Waals surface area (Å²) in [7, 11) is 1.03. The van der Waals surface area contributed by atoms with Crippen LogP contribution in [0.5, 0.6) is 5.88 Å². The van der Waals surface area contributed by atoms with Crippen molar-refractivity contribution in [2.24, 2.45) is 0 Å². The van der Waals surface area contributed by atoms with E-state index in [2.05, 4.69) is 14.5 Å². The Labute approximate surface area is 110 Å². The molecule has 0 aliphatic heterocycles. The van der Waals surface area contributed by atoms with Gasteiger partial charge in [-0.25, -0.2) is 18.6 Å². The van der Waals surface area contributed by atoms with Gasteiger partial charge in [-0.2, -0.15) is 13.2 Å². The average molecular weight is 299 g/mol. The van der Waals surface area contributed by atoms with E-state index in [0.29, 0.717) is 6.07 Å². The molecular weight excluding hydrogens is 289 g/mol. The highest BCUT2D eigenvalue weighted by molar-refractivity contribution is 5.89. The summed E-state index contributed by atoms with van der Waals surface area (Å²) >= 11 is 0. The molecule has 0 bridgehead atoms. The van der Waals surface area contributed by atoms with Crippen LogP contribution >= 0.6 is 0 Å². The first-order valence-corrected chi connectivity index (χ1v) is 5.33. The zero-order valence-corrected chi connectivity index (χ0v) is 10.4. The third-order valence-electron chi connectivity index (χ3n) is 2.22. The van der Waals surface area contributed by atoms with Crippen LogP contribution in [0.1, 0.15) is 35.0 Å². The van der Waals surface area contributed by atoms with Gasteiger partial charge in [0.2, 0.25) is 5.88 Å². The maximum absolute atomic E-state index is 12.9. The molecule has 0 spiro atoms. The second-order valence-electron chi connectivity index (χ2n) is 3.50. The van der Waals surface area contributed by atoms with Crippen LogP contribution in [-0.2, 0) is 10.9 Å². The predicted octanol–water partition coefficient (Wildman–Crippen LogP) is 3.22. The van der Waals surface area contributed by atoms with E-state index in [9.17, 15) is 26.7 Å². The summed E-state index contributed by atoms with van der Waals surface area (Å²) in [4.78, 5) is 14.7. The van der Waals surface area contributed by atoms with Crippen molar-refractivity contribution in [1.82, 2.24) is 4.98 Å². The SMILES string of the molecule is CCOC(=O)c1nc(OC)cc(C(F)F)c1C(F)(F)F. The summed E-state index contributed by atoms with van der Waals surface area (Å²) in [6, 6.07) is 0.441. The number of alkyl halides is 5. The highest BCUT2D eigenvalue weighted by Crippen LogP contribution is 2.39. The van der Waals surface area contributed by atoms with Crippen molar-refractivity contribution in [1.29, 1.82) is 0 Å². The molecule has 112 valence electrons. The lowest BCUT2D eigenvalue weighted by Gasteiger charge is -2.16. The molecule has 0 amide bonds. The molecule has 0 atom stereocenters. The summed E-state index contributed by atoms with van der Waals surface area (Å²) in [6.07, 6.45) is -8.62. The molecule has 0 radical (unpaired) electrons. The molecule has 0 aliphatic rings. The molecule has 1 heterocycles. The van der Waals surface area contributed by atoms with Crippen LogP contribution in [0, 0.1) is 0 Å². The molecule has 0 saturated carbocycles. The van der Waals surface area contributed by atoms with Crippen molar-refractivity contribution in [3.63, 3.8) is 0 Å². The van der Waals surface area contributed by atoms with Crippen LogP contribution in [-0.4, -0.2) is 24.7 Å². The van der Waals surface area contributed by atoms with Gasteiger partial charge >= 0.3 is 12.1 Å². The highest BCUT2D eigenvalue weighted by atomic mass is 19.4. The van der Waals surface area contributed by atoms with Crippen LogP contribution in [0.25, 0.3) is 0 Å². The first-order valence-electron chi connectivity index (χ1n) is 5.33. The number of aromatic nitrogens is 1. The Morgan fingerprint density at radius 1 is 1.40 bits per heavy atom. The minimum atomic E-state index is -5.17. The minimum absolute atomic E-state index is 0.223. The van der Waals surface area contributed by atoms with Gasteiger partial charge in [0.1, 0.15) is 0 Å². The van der Waals surface area contributed by atoms with E-state index < -0.39 is 41.3 Å². The molecule has 1 rings (SSSR count). The average Bonchev–Trinajstić information content (AvgIpc) is 2.36. The molecule has 0 unspecified atom stereocenters. The van der Waals surface area contributed by atoms with Crippen molar-refractivity contribution < 1.29 is 36.2 Å². The van der Waals surface area contributed by atoms with Crippen molar-refractivity contribution in [3.05, 3.63) is 22.9 Å². The molecule has 1 aromatic heterocycles. The lowest BCUT2D eigenvalue weighted by Crippen LogP contribution is -2.20. The van der Waals surface area contributed by atoms with Gasteiger partial charge in [0.25, 0.3) is 6.43 Å². The number of esters is 1. The maximum Gasteiger partial charge on any atom is 0.419 e. The summed E-state index contributed by atoms with van der Waals surface area (Å²) in [6.45, 7) is 1.14. The number of methoxy groups -OCH3 is 1. The predicted molar refractivity (Wildman–Crippen MR) is 56.7 cm³/mol. The quantitative estimate of drug-likeness (QED) is 0.632. The van der Waals surface area contributed by atoms with Crippen molar-refractivity contribution in [3.8, 4) is 5.88 Å². The number of halogens is 5. The third-order valence-corrected chi connectivity index (χ3v) is 2.22. The number of hydrogen-bond acceptors (Lipinski definition) is 4. The monoisotopic (exact) mass is 299 g/mol. The fourth-order valence-electron chi connectivity index (χ4n) is 1.46. The summed E-state index contributed by atoms with van der Waals surface area (Å²) < 4.78 is 73.1. The van der Waals surface area contributed by atoms with E-state index in [-0.39, 0.29) is 6.61 Å². The van der Waals surface area contributed by atoms with Crippen LogP contribution in [0.4, 0.5) is 22.0 Å². The Morgan fingerprint density at radius 2 is 2.00 bits per heavy atom. The second-order valence-corrected chi connectivity index (χ2v) is 3.50. The molecule has 0 fully saturated rings. The Bertz CT molecular complexity index is 502. The first-order chi connectivity index (χ1) is 9.22. The number of nitrogens with zero attached hydrogens (tertiary/aromatic N) is 1. The van der Waals surface area contributed by atoms with Gasteiger partial charge in [-0.1, -0.05) is 0 Å². The van der Waals surface area contributed by atoms with Gasteiger partial charge in [0.05, 0.1) is 19.3 Å². The van der Waals surface area contributed by atoms with Crippen LogP contribution in [0.2, 0.25) is 0 Å². The van der Waals surface area contributed by atoms with Crippen molar-refractivity contribution >= 4 is 5.97 Å². The number of ether oxygens (including phenoxy) is 2. The van der Waals surface area contributed by atoms with Crippen molar-refractivity contribution in [2.75, 3.05) is 13.7 Å². The van der Waals surface area contributed by atoms with Gasteiger partial charge in [0, 0.05) is 11.6 Å². The second kappa shape index (κ2) is 6.02. The molecule has 4 nitrogen and oxygen atoms in total. The highest BCUT2D eigenvalue weighted by Gasteiger charge is 2.42. The Hall–Kier alpha value is -1.93. The molecule has 0 aromatic carbocycles. The normalized spacial score (nSPS) is 11.6. The molecule has 20 heavy (non-hydrogen) atoms. The van der Waals surface area contributed by atoms with Crippen LogP contribution in [0.15, 0.2) is 6.07 Å². The lowest BCUT2D eigenvalue weighted by atomic mass is 10.1. The standard InChI is InChI=1S/C11H10F5NO3/c1-3-20-10(18)8-7(11(14,15)16)5(9(12)13)4-6(17-8)19-2/h4,9H,3H2,1-2H3. The number of carbonyl (C=O) groups is 1. The molecule has 9 heteroatoms. The Balaban J connectivity index is 3.60. The Morgan fingerprint density at radius 3 is 2.40 bits per heavy atom. The van der Waals surface area contributed by atoms with E-state index in [4.69, 9.17) is 0 Å². The number of hydrogen-bond donors (Lipinski definition) is 0. The summed E-state index contributed by atoms with van der Waals surface area (Å²) in [5.74, 6) is -1.98. The van der Waals surface area contributed by atoms with Gasteiger partial charge in [-0.3, -0.25) is 0 Å². The van der Waals surface area contributed by atoms with Crippen LogP contribution < -0.4 is 4.74 Å².